The van der Waals surface area contributed by atoms with Gasteiger partial charge < -0.3 is 15.3 Å². The van der Waals surface area contributed by atoms with Gasteiger partial charge in [-0.05, 0) is 98.7 Å². The summed E-state index contributed by atoms with van der Waals surface area (Å²) >= 11 is 0. The van der Waals surface area contributed by atoms with Crippen molar-refractivity contribution in [3.8, 4) is 0 Å². The smallest absolute Gasteiger partial charge is 0.251 e. The van der Waals surface area contributed by atoms with E-state index in [1.165, 1.54) is 12.1 Å². The number of aryl methyl sites for hydroxylation is 1. The van der Waals surface area contributed by atoms with Crippen molar-refractivity contribution in [3.05, 3.63) is 70.5 Å². The van der Waals surface area contributed by atoms with Crippen LogP contribution in [-0.4, -0.2) is 53.0 Å². The molecule has 0 aliphatic carbocycles. The Hall–Kier alpha value is -3.30. The predicted molar refractivity (Wildman–Crippen MR) is 155 cm³/mol. The van der Waals surface area contributed by atoms with Crippen LogP contribution in [0.25, 0.3) is 0 Å². The van der Waals surface area contributed by atoms with E-state index >= 15 is 0 Å². The van der Waals surface area contributed by atoms with Crippen LogP contribution < -0.4 is 16.2 Å². The molecule has 8 nitrogen and oxygen atoms in total. The molecule has 2 aromatic rings. The van der Waals surface area contributed by atoms with Gasteiger partial charge in [0.1, 0.15) is 5.82 Å². The van der Waals surface area contributed by atoms with E-state index in [-0.39, 0.29) is 66.1 Å². The second-order valence-electron chi connectivity index (χ2n) is 12.3. The summed E-state index contributed by atoms with van der Waals surface area (Å²) in [5, 5.41) is 12.2. The minimum Gasteiger partial charge on any atom is -0.396 e. The van der Waals surface area contributed by atoms with Gasteiger partial charge in [0, 0.05) is 30.2 Å². The van der Waals surface area contributed by atoms with Crippen molar-refractivity contribution in [1.29, 1.82) is 0 Å². The number of carbonyl (C=O) groups excluding carboxylic acids is 3. The lowest BCUT2D eigenvalue weighted by molar-refractivity contribution is -0.135. The lowest BCUT2D eigenvalue weighted by Gasteiger charge is -2.40. The molecule has 2 aliphatic rings. The number of nitrogens with zero attached hydrogens (tertiary/aromatic N) is 1. The quantitative estimate of drug-likeness (QED) is 0.348. The number of nitrogens with one attached hydrogen (secondary N) is 3. The Balaban J connectivity index is 1.46. The maximum Gasteiger partial charge on any atom is 0.251 e. The van der Waals surface area contributed by atoms with Gasteiger partial charge in [-0.1, -0.05) is 32.0 Å². The van der Waals surface area contributed by atoms with Crippen molar-refractivity contribution in [1.82, 2.24) is 21.1 Å². The number of rotatable bonds is 10. The van der Waals surface area contributed by atoms with Crippen LogP contribution in [0.4, 0.5) is 4.39 Å². The Kier molecular flexibility index (Phi) is 9.81. The van der Waals surface area contributed by atoms with Gasteiger partial charge >= 0.3 is 0 Å². The summed E-state index contributed by atoms with van der Waals surface area (Å²) in [4.78, 5) is 40.9. The van der Waals surface area contributed by atoms with Crippen LogP contribution in [0, 0.1) is 24.1 Å². The highest BCUT2D eigenvalue weighted by molar-refractivity contribution is 5.96. The molecule has 0 spiro atoms. The Morgan fingerprint density at radius 1 is 1.17 bits per heavy atom. The maximum atomic E-state index is 14.1. The Morgan fingerprint density at radius 2 is 1.95 bits per heavy atom. The Morgan fingerprint density at radius 3 is 2.66 bits per heavy atom. The highest BCUT2D eigenvalue weighted by atomic mass is 19.1. The summed E-state index contributed by atoms with van der Waals surface area (Å²) in [6, 6.07) is 11.6. The molecule has 0 bridgehead atoms. The molecule has 2 saturated heterocycles. The van der Waals surface area contributed by atoms with Crippen molar-refractivity contribution < 1.29 is 23.9 Å². The van der Waals surface area contributed by atoms with Crippen molar-refractivity contribution >= 4 is 17.7 Å². The van der Waals surface area contributed by atoms with Crippen LogP contribution in [0.15, 0.2) is 42.5 Å². The number of benzene rings is 2. The molecular formula is C32H43FN4O4. The number of carbonyl (C=O) groups is 3. The van der Waals surface area contributed by atoms with Crippen LogP contribution in [-0.2, 0) is 16.0 Å². The van der Waals surface area contributed by atoms with Crippen LogP contribution in [0.2, 0.25) is 0 Å². The molecule has 222 valence electrons. The Labute approximate surface area is 242 Å². The monoisotopic (exact) mass is 566 g/mol. The van der Waals surface area contributed by atoms with Crippen molar-refractivity contribution in [2.75, 3.05) is 13.2 Å². The minimum atomic E-state index is -0.348. The van der Waals surface area contributed by atoms with Crippen molar-refractivity contribution in [2.45, 2.75) is 84.3 Å². The number of hydrazine groups is 1. The van der Waals surface area contributed by atoms with E-state index in [0.717, 1.165) is 36.0 Å². The van der Waals surface area contributed by atoms with Crippen LogP contribution in [0.3, 0.4) is 0 Å². The van der Waals surface area contributed by atoms with E-state index in [0.29, 0.717) is 24.8 Å². The van der Waals surface area contributed by atoms with Gasteiger partial charge in [0.2, 0.25) is 11.8 Å². The van der Waals surface area contributed by atoms with Gasteiger partial charge in [-0.2, -0.15) is 0 Å². The number of aliphatic hydroxyl groups is 1. The predicted octanol–water partition coefficient (Wildman–Crippen LogP) is 3.97. The van der Waals surface area contributed by atoms with E-state index in [4.69, 9.17) is 0 Å². The molecule has 2 heterocycles. The molecule has 4 rings (SSSR count). The average molecular weight is 567 g/mol. The summed E-state index contributed by atoms with van der Waals surface area (Å²) in [6.45, 7) is 8.04. The van der Waals surface area contributed by atoms with Gasteiger partial charge in [-0.15, -0.1) is 0 Å². The number of amides is 3. The summed E-state index contributed by atoms with van der Waals surface area (Å²) < 4.78 is 14.1. The molecule has 3 amide bonds. The topological polar surface area (TPSA) is 111 Å². The fourth-order valence-electron chi connectivity index (χ4n) is 6.41. The third-order valence-electron chi connectivity index (χ3n) is 8.71. The zero-order valence-corrected chi connectivity index (χ0v) is 24.5. The lowest BCUT2D eigenvalue weighted by Crippen LogP contribution is -2.52. The van der Waals surface area contributed by atoms with E-state index in [9.17, 15) is 23.9 Å². The zero-order valence-electron chi connectivity index (χ0n) is 24.5. The normalized spacial score (nSPS) is 22.9. The molecular weight excluding hydrogens is 523 g/mol. The summed E-state index contributed by atoms with van der Waals surface area (Å²) in [7, 11) is 0. The SMILES string of the molecule is Cc1cc(C(=O)NCC(=O)N2[C@H](c3cccc(F)c3)CC[C@@H]2C(C)(C)CCCO)ccc1CC1CC(C)NNC1=O. The van der Waals surface area contributed by atoms with Gasteiger partial charge in [-0.3, -0.25) is 19.8 Å². The van der Waals surface area contributed by atoms with E-state index < -0.39 is 0 Å². The zero-order chi connectivity index (χ0) is 29.7. The minimum absolute atomic E-state index is 0.0286. The number of hydrogen-bond acceptors (Lipinski definition) is 5. The summed E-state index contributed by atoms with van der Waals surface area (Å²) in [5.74, 6) is -1.08. The van der Waals surface area contributed by atoms with Gasteiger partial charge in [-0.25, -0.2) is 9.82 Å². The summed E-state index contributed by atoms with van der Waals surface area (Å²) in [6.07, 6.45) is 4.15. The second-order valence-corrected chi connectivity index (χ2v) is 12.3. The molecule has 0 saturated carbocycles. The van der Waals surface area contributed by atoms with E-state index in [1.54, 1.807) is 18.2 Å². The third-order valence-corrected chi connectivity index (χ3v) is 8.71. The summed E-state index contributed by atoms with van der Waals surface area (Å²) in [5.41, 5.74) is 8.53. The molecule has 41 heavy (non-hydrogen) atoms. The molecule has 2 aliphatic heterocycles. The van der Waals surface area contributed by atoms with Gasteiger partial charge in [0.15, 0.2) is 0 Å². The van der Waals surface area contributed by atoms with E-state index in [1.807, 2.05) is 30.9 Å². The van der Waals surface area contributed by atoms with Gasteiger partial charge in [0.25, 0.3) is 5.91 Å². The van der Waals surface area contributed by atoms with Crippen molar-refractivity contribution in [2.24, 2.45) is 11.3 Å². The first kappa shape index (κ1) is 30.7. The van der Waals surface area contributed by atoms with Crippen LogP contribution in [0.1, 0.15) is 86.0 Å². The molecule has 2 aromatic carbocycles. The molecule has 0 aromatic heterocycles. The first-order valence-corrected chi connectivity index (χ1v) is 14.6. The van der Waals surface area contributed by atoms with Gasteiger partial charge in [0.05, 0.1) is 12.6 Å². The molecule has 4 N–H and O–H groups in total. The lowest BCUT2D eigenvalue weighted by atomic mass is 9.79. The average Bonchev–Trinajstić information content (AvgIpc) is 3.40. The largest absolute Gasteiger partial charge is 0.396 e. The highest BCUT2D eigenvalue weighted by Gasteiger charge is 2.44. The van der Waals surface area contributed by atoms with E-state index in [2.05, 4.69) is 30.0 Å². The van der Waals surface area contributed by atoms with Crippen molar-refractivity contribution in [3.63, 3.8) is 0 Å². The fraction of sp³-hybridized carbons (Fsp3) is 0.531. The molecule has 0 radical (unpaired) electrons. The molecule has 4 atom stereocenters. The fourth-order valence-corrected chi connectivity index (χ4v) is 6.41. The standard InChI is InChI=1S/C32H43FN4O4/c1-20-15-24(10-9-22(20)17-25-16-21(2)35-36-31(25)41)30(40)34-19-29(39)37-27(23-7-5-8-26(33)18-23)11-12-28(37)32(3,4)13-6-14-38/h5,7-10,15,18,21,25,27-28,35,38H,6,11-14,16-17,19H2,1-4H3,(H,34,40)(H,36,41)/t21?,25?,27-,28+/m0/s1. The molecule has 9 heteroatoms. The number of likely N-dealkylation sites (tertiary alicyclic amines) is 1. The Bertz CT molecular complexity index is 1270. The number of halogens is 1. The van der Waals surface area contributed by atoms with Crippen LogP contribution in [0.5, 0.6) is 0 Å². The second kappa shape index (κ2) is 13.1. The third kappa shape index (κ3) is 7.32. The molecule has 2 fully saturated rings. The number of aliphatic hydroxyl groups excluding tert-OH is 1. The molecule has 2 unspecified atom stereocenters. The number of hydrogen-bond donors (Lipinski definition) is 4. The first-order valence-electron chi connectivity index (χ1n) is 14.6. The van der Waals surface area contributed by atoms with Crippen LogP contribution >= 0.6 is 0 Å². The maximum absolute atomic E-state index is 14.1. The highest BCUT2D eigenvalue weighted by Crippen LogP contribution is 2.45. The first-order chi connectivity index (χ1) is 19.5.